The Bertz CT molecular complexity index is 1090. The van der Waals surface area contributed by atoms with Crippen LogP contribution in [0.5, 0.6) is 5.75 Å². The van der Waals surface area contributed by atoms with Crippen molar-refractivity contribution in [1.82, 2.24) is 10.2 Å². The third-order valence-electron chi connectivity index (χ3n) is 5.31. The van der Waals surface area contributed by atoms with E-state index in [1.807, 2.05) is 0 Å². The third kappa shape index (κ3) is 7.44. The van der Waals surface area contributed by atoms with Crippen LogP contribution in [0.3, 0.4) is 0 Å². The molecule has 0 saturated carbocycles. The van der Waals surface area contributed by atoms with E-state index in [2.05, 4.69) is 5.32 Å². The van der Waals surface area contributed by atoms with Gasteiger partial charge < -0.3 is 15.0 Å². The smallest absolute Gasteiger partial charge is 0.242 e. The zero-order valence-corrected chi connectivity index (χ0v) is 20.8. The summed E-state index contributed by atoms with van der Waals surface area (Å²) in [7, 11) is -2.12. The number of anilines is 1. The largest absolute Gasteiger partial charge is 0.497 e. The Labute approximate surface area is 200 Å². The van der Waals surface area contributed by atoms with E-state index in [0.29, 0.717) is 23.5 Å². The maximum atomic E-state index is 14.2. The first-order valence-electron chi connectivity index (χ1n) is 11.0. The lowest BCUT2D eigenvalue weighted by molar-refractivity contribution is -0.140. The highest BCUT2D eigenvalue weighted by Gasteiger charge is 2.27. The molecule has 8 nitrogen and oxygen atoms in total. The zero-order valence-electron chi connectivity index (χ0n) is 20.0. The highest BCUT2D eigenvalue weighted by molar-refractivity contribution is 7.92. The molecule has 186 valence electrons. The lowest BCUT2D eigenvalue weighted by atomic mass is 10.1. The number of nitrogens with one attached hydrogen (secondary N) is 1. The first-order chi connectivity index (χ1) is 16.1. The Hall–Kier alpha value is -3.14. The van der Waals surface area contributed by atoms with Crippen molar-refractivity contribution in [1.29, 1.82) is 0 Å². The number of carbonyl (C=O) groups excluding carboxylic acids is 2. The molecule has 0 fully saturated rings. The maximum absolute atomic E-state index is 14.2. The van der Waals surface area contributed by atoms with Gasteiger partial charge in [-0.2, -0.15) is 0 Å². The fourth-order valence-electron chi connectivity index (χ4n) is 3.48. The molecule has 1 unspecified atom stereocenters. The highest BCUT2D eigenvalue weighted by Crippen LogP contribution is 2.24. The molecule has 1 atom stereocenters. The normalized spacial score (nSPS) is 12.0. The van der Waals surface area contributed by atoms with E-state index in [1.54, 1.807) is 56.3 Å². The standard InChI is InChI=1S/C24H32FN3O5S/c1-5-26-24(30)18(2)27(17-19-10-6-7-13-22(19)25)23(29)14-9-15-28(34(4,31)32)20-11-8-12-21(16-20)33-3/h6-8,10-13,16,18H,5,9,14-15,17H2,1-4H3,(H,26,30). The van der Waals surface area contributed by atoms with Crippen molar-refractivity contribution in [2.75, 3.05) is 30.8 Å². The summed E-state index contributed by atoms with van der Waals surface area (Å²) in [6, 6.07) is 11.9. The van der Waals surface area contributed by atoms with Gasteiger partial charge in [0.15, 0.2) is 0 Å². The van der Waals surface area contributed by atoms with Crippen LogP contribution < -0.4 is 14.4 Å². The van der Waals surface area contributed by atoms with Gasteiger partial charge in [-0.1, -0.05) is 24.3 Å². The quantitative estimate of drug-likeness (QED) is 0.491. The minimum atomic E-state index is -3.61. The number of hydrogen-bond acceptors (Lipinski definition) is 5. The van der Waals surface area contributed by atoms with E-state index in [0.717, 1.165) is 6.26 Å². The van der Waals surface area contributed by atoms with Gasteiger partial charge in [0.2, 0.25) is 21.8 Å². The van der Waals surface area contributed by atoms with Crippen molar-refractivity contribution in [2.24, 2.45) is 0 Å². The van der Waals surface area contributed by atoms with E-state index in [1.165, 1.54) is 22.4 Å². The Morgan fingerprint density at radius 1 is 1.15 bits per heavy atom. The molecule has 1 N–H and O–H groups in total. The lowest BCUT2D eigenvalue weighted by Gasteiger charge is -2.29. The first kappa shape index (κ1) is 27.1. The number of ether oxygens (including phenoxy) is 1. The highest BCUT2D eigenvalue weighted by atomic mass is 32.2. The third-order valence-corrected chi connectivity index (χ3v) is 6.50. The molecule has 2 amide bonds. The van der Waals surface area contributed by atoms with Gasteiger partial charge in [0.05, 0.1) is 19.1 Å². The van der Waals surface area contributed by atoms with Crippen LogP contribution in [0.2, 0.25) is 0 Å². The van der Waals surface area contributed by atoms with Crippen LogP contribution in [-0.4, -0.2) is 57.6 Å². The van der Waals surface area contributed by atoms with Gasteiger partial charge >= 0.3 is 0 Å². The number of carbonyl (C=O) groups is 2. The predicted molar refractivity (Wildman–Crippen MR) is 130 cm³/mol. The van der Waals surface area contributed by atoms with Gasteiger partial charge in [-0.05, 0) is 38.5 Å². The maximum Gasteiger partial charge on any atom is 0.242 e. The molecule has 10 heteroatoms. The van der Waals surface area contributed by atoms with Crippen molar-refractivity contribution in [3.05, 3.63) is 59.9 Å². The number of rotatable bonds is 12. The molecule has 0 saturated heterocycles. The fraction of sp³-hybridized carbons (Fsp3) is 0.417. The molecule has 0 radical (unpaired) electrons. The molecule has 0 bridgehead atoms. The van der Waals surface area contributed by atoms with E-state index in [4.69, 9.17) is 4.74 Å². The summed E-state index contributed by atoms with van der Waals surface area (Å²) in [5, 5.41) is 2.68. The second-order valence-corrected chi connectivity index (χ2v) is 9.73. The molecule has 2 rings (SSSR count). The topological polar surface area (TPSA) is 96.0 Å². The monoisotopic (exact) mass is 493 g/mol. The van der Waals surface area contributed by atoms with Gasteiger partial charge in [0, 0.05) is 37.7 Å². The number of amides is 2. The van der Waals surface area contributed by atoms with E-state index >= 15 is 0 Å². The molecule has 0 aliphatic carbocycles. The van der Waals surface area contributed by atoms with Crippen LogP contribution in [0.4, 0.5) is 10.1 Å². The second-order valence-electron chi connectivity index (χ2n) is 7.82. The summed E-state index contributed by atoms with van der Waals surface area (Å²) in [5.74, 6) is -0.679. The van der Waals surface area contributed by atoms with Gasteiger partial charge in [-0.25, -0.2) is 12.8 Å². The van der Waals surface area contributed by atoms with E-state index < -0.39 is 21.9 Å². The number of hydrogen-bond donors (Lipinski definition) is 1. The van der Waals surface area contributed by atoms with Gasteiger partial charge in [0.1, 0.15) is 17.6 Å². The minimum absolute atomic E-state index is 0.0197. The Morgan fingerprint density at radius 2 is 1.85 bits per heavy atom. The summed E-state index contributed by atoms with van der Waals surface area (Å²) >= 11 is 0. The Balaban J connectivity index is 2.17. The van der Waals surface area contributed by atoms with Crippen molar-refractivity contribution in [3.8, 4) is 5.75 Å². The summed E-state index contributed by atoms with van der Waals surface area (Å²) in [5.41, 5.74) is 0.717. The molecular weight excluding hydrogens is 461 g/mol. The van der Waals surface area contributed by atoms with Crippen LogP contribution in [0, 0.1) is 5.82 Å². The van der Waals surface area contributed by atoms with Gasteiger partial charge in [0.25, 0.3) is 0 Å². The molecule has 2 aromatic carbocycles. The van der Waals surface area contributed by atoms with Crippen molar-refractivity contribution < 1.29 is 27.1 Å². The Morgan fingerprint density at radius 3 is 2.47 bits per heavy atom. The molecule has 0 heterocycles. The lowest BCUT2D eigenvalue weighted by Crippen LogP contribution is -2.47. The SMILES string of the molecule is CCNC(=O)C(C)N(Cc1ccccc1F)C(=O)CCCN(c1cccc(OC)c1)S(C)(=O)=O. The van der Waals surface area contributed by atoms with Crippen LogP contribution in [0.1, 0.15) is 32.3 Å². The summed E-state index contributed by atoms with van der Waals surface area (Å²) < 4.78 is 45.4. The number of methoxy groups -OCH3 is 1. The van der Waals surface area contributed by atoms with Crippen molar-refractivity contribution in [2.45, 2.75) is 39.3 Å². The number of likely N-dealkylation sites (N-methyl/N-ethyl adjacent to an activating group) is 1. The van der Waals surface area contributed by atoms with E-state index in [-0.39, 0.29) is 37.7 Å². The zero-order chi connectivity index (χ0) is 25.3. The van der Waals surface area contributed by atoms with Crippen LogP contribution in [-0.2, 0) is 26.2 Å². The molecular formula is C24H32FN3O5S. The van der Waals surface area contributed by atoms with Crippen molar-refractivity contribution in [3.63, 3.8) is 0 Å². The molecule has 0 aromatic heterocycles. The summed E-state index contributed by atoms with van der Waals surface area (Å²) in [4.78, 5) is 26.9. The Kier molecular flexibility index (Phi) is 9.85. The van der Waals surface area contributed by atoms with Crippen LogP contribution >= 0.6 is 0 Å². The minimum Gasteiger partial charge on any atom is -0.497 e. The van der Waals surface area contributed by atoms with Gasteiger partial charge in [-0.15, -0.1) is 0 Å². The average Bonchev–Trinajstić information content (AvgIpc) is 2.80. The number of sulfonamides is 1. The fourth-order valence-corrected chi connectivity index (χ4v) is 4.44. The average molecular weight is 494 g/mol. The summed E-state index contributed by atoms with van der Waals surface area (Å²) in [6.45, 7) is 3.74. The van der Waals surface area contributed by atoms with Gasteiger partial charge in [-0.3, -0.25) is 13.9 Å². The molecule has 2 aromatic rings. The number of nitrogens with zero attached hydrogens (tertiary/aromatic N) is 2. The number of halogens is 1. The number of benzene rings is 2. The molecule has 34 heavy (non-hydrogen) atoms. The first-order valence-corrected chi connectivity index (χ1v) is 12.9. The molecule has 0 spiro atoms. The molecule has 0 aliphatic rings. The van der Waals surface area contributed by atoms with Crippen molar-refractivity contribution >= 4 is 27.5 Å². The van der Waals surface area contributed by atoms with E-state index in [9.17, 15) is 22.4 Å². The second kappa shape index (κ2) is 12.4. The summed E-state index contributed by atoms with van der Waals surface area (Å²) in [6.07, 6.45) is 1.28. The predicted octanol–water partition coefficient (Wildman–Crippen LogP) is 2.93. The molecule has 0 aliphatic heterocycles. The van der Waals surface area contributed by atoms with Crippen LogP contribution in [0.15, 0.2) is 48.5 Å². The van der Waals surface area contributed by atoms with Crippen LogP contribution in [0.25, 0.3) is 0 Å².